The molecule has 2 saturated heterocycles. The number of sulfonamides is 1. The molecule has 1 amide bonds. The smallest absolute Gasteiger partial charge is 0.329 e. The highest BCUT2D eigenvalue weighted by Gasteiger charge is 2.42. The van der Waals surface area contributed by atoms with E-state index >= 15 is 0 Å². The van der Waals surface area contributed by atoms with Gasteiger partial charge in [-0.3, -0.25) is 10.2 Å². The summed E-state index contributed by atoms with van der Waals surface area (Å²) in [7, 11) is -1.17. The van der Waals surface area contributed by atoms with Gasteiger partial charge in [0.25, 0.3) is 10.0 Å². The number of benzene rings is 2. The van der Waals surface area contributed by atoms with Crippen molar-refractivity contribution in [3.63, 3.8) is 0 Å². The molecule has 218 valence electrons. The Bertz CT molecular complexity index is 1570. The summed E-state index contributed by atoms with van der Waals surface area (Å²) in [4.78, 5) is 31.9. The number of rotatable bonds is 8. The number of H-pyrrole nitrogens is 1. The number of hydrogen-bond acceptors (Lipinski definition) is 8. The van der Waals surface area contributed by atoms with Gasteiger partial charge in [0.1, 0.15) is 16.9 Å². The van der Waals surface area contributed by atoms with Crippen LogP contribution in [0, 0.1) is 5.41 Å². The van der Waals surface area contributed by atoms with Crippen molar-refractivity contribution in [2.24, 2.45) is 0 Å². The lowest BCUT2D eigenvalue weighted by Crippen LogP contribution is -2.60. The van der Waals surface area contributed by atoms with Crippen molar-refractivity contribution in [3.05, 3.63) is 64.7 Å². The lowest BCUT2D eigenvalue weighted by Gasteiger charge is -2.38. The Morgan fingerprint density at radius 2 is 1.88 bits per heavy atom. The SMILES string of the molecule is COC(=O)[C@H]1CN(S(=O)(=O)c2cc3cc(Cl)ccc3[nH]2)CC(=O)N1Cc1ccc(C(=N)N(C)CC2OCCO2)cc1. The first-order valence-corrected chi connectivity index (χ1v) is 14.7. The predicted octanol–water partition coefficient (Wildman–Crippen LogP) is 2.03. The number of ether oxygens (including phenoxy) is 3. The number of halogens is 1. The molecule has 5 rings (SSSR count). The molecule has 0 aliphatic carbocycles. The predicted molar refractivity (Wildman–Crippen MR) is 150 cm³/mol. The molecule has 2 N–H and O–H groups in total. The van der Waals surface area contributed by atoms with Gasteiger partial charge in [0.15, 0.2) is 6.29 Å². The summed E-state index contributed by atoms with van der Waals surface area (Å²) in [5, 5.41) is 9.44. The molecule has 41 heavy (non-hydrogen) atoms. The number of amides is 1. The first-order chi connectivity index (χ1) is 19.6. The summed E-state index contributed by atoms with van der Waals surface area (Å²) in [5.41, 5.74) is 1.93. The van der Waals surface area contributed by atoms with E-state index in [1.165, 1.54) is 18.1 Å². The van der Waals surface area contributed by atoms with Gasteiger partial charge in [-0.2, -0.15) is 4.31 Å². The molecule has 0 saturated carbocycles. The Hall–Kier alpha value is -3.49. The normalized spacial score (nSPS) is 18.7. The van der Waals surface area contributed by atoms with Crippen molar-refractivity contribution in [1.29, 1.82) is 5.41 Å². The molecule has 2 aliphatic rings. The van der Waals surface area contributed by atoms with Crippen LogP contribution in [0.4, 0.5) is 0 Å². The second-order valence-electron chi connectivity index (χ2n) is 9.82. The Morgan fingerprint density at radius 1 is 1.17 bits per heavy atom. The zero-order valence-electron chi connectivity index (χ0n) is 22.5. The van der Waals surface area contributed by atoms with Crippen molar-refractivity contribution < 1.29 is 32.2 Å². The molecule has 0 radical (unpaired) electrons. The number of aromatic amines is 1. The molecule has 0 spiro atoms. The zero-order chi connectivity index (χ0) is 29.3. The number of esters is 1. The fourth-order valence-electron chi connectivity index (χ4n) is 4.86. The quantitative estimate of drug-likeness (QED) is 0.226. The van der Waals surface area contributed by atoms with Crippen molar-refractivity contribution in [2.45, 2.75) is 23.9 Å². The van der Waals surface area contributed by atoms with E-state index in [4.69, 9.17) is 31.2 Å². The second-order valence-corrected chi connectivity index (χ2v) is 12.2. The Morgan fingerprint density at radius 3 is 2.56 bits per heavy atom. The number of carbonyl (C=O) groups is 2. The van der Waals surface area contributed by atoms with Gasteiger partial charge < -0.3 is 29.0 Å². The first-order valence-electron chi connectivity index (χ1n) is 12.8. The van der Waals surface area contributed by atoms with Gasteiger partial charge in [-0.25, -0.2) is 13.2 Å². The van der Waals surface area contributed by atoms with Gasteiger partial charge in [-0.1, -0.05) is 35.9 Å². The Balaban J connectivity index is 1.30. The fourth-order valence-corrected chi connectivity index (χ4v) is 6.45. The van der Waals surface area contributed by atoms with Crippen LogP contribution in [0.1, 0.15) is 11.1 Å². The maximum atomic E-state index is 13.5. The Labute approximate surface area is 242 Å². The largest absolute Gasteiger partial charge is 0.467 e. The highest BCUT2D eigenvalue weighted by Crippen LogP contribution is 2.27. The highest BCUT2D eigenvalue weighted by atomic mass is 35.5. The van der Waals surface area contributed by atoms with E-state index in [2.05, 4.69) is 4.98 Å². The van der Waals surface area contributed by atoms with Crippen LogP contribution in [0.2, 0.25) is 5.02 Å². The molecule has 3 aromatic rings. The average molecular weight is 604 g/mol. The minimum Gasteiger partial charge on any atom is -0.467 e. The minimum absolute atomic E-state index is 0.0601. The molecular formula is C27H30ClN5O7S. The van der Waals surface area contributed by atoms with Crippen molar-refractivity contribution in [3.8, 4) is 0 Å². The molecular weight excluding hydrogens is 574 g/mol. The average Bonchev–Trinajstić information content (AvgIpc) is 3.63. The van der Waals surface area contributed by atoms with Gasteiger partial charge in [0.05, 0.1) is 33.4 Å². The van der Waals surface area contributed by atoms with Crippen LogP contribution in [0.5, 0.6) is 0 Å². The number of likely N-dealkylation sites (N-methyl/N-ethyl adjacent to an activating group) is 1. The number of methoxy groups -OCH3 is 1. The number of hydrogen-bond donors (Lipinski definition) is 2. The van der Waals surface area contributed by atoms with Crippen LogP contribution in [0.25, 0.3) is 10.9 Å². The molecule has 2 aromatic carbocycles. The van der Waals surface area contributed by atoms with Crippen LogP contribution >= 0.6 is 11.6 Å². The van der Waals surface area contributed by atoms with Crippen molar-refractivity contribution >= 4 is 50.2 Å². The molecule has 2 fully saturated rings. The molecule has 14 heteroatoms. The molecule has 2 aliphatic heterocycles. The first kappa shape index (κ1) is 29.0. The summed E-state index contributed by atoms with van der Waals surface area (Å²) in [6, 6.07) is 12.3. The van der Waals surface area contributed by atoms with Crippen LogP contribution in [0.3, 0.4) is 0 Å². The maximum absolute atomic E-state index is 13.5. The second kappa shape index (κ2) is 11.8. The molecule has 12 nitrogen and oxygen atoms in total. The topological polar surface area (TPSA) is 145 Å². The molecule has 1 aromatic heterocycles. The number of nitrogens with zero attached hydrogens (tertiary/aromatic N) is 3. The van der Waals surface area contributed by atoms with Gasteiger partial charge in [-0.15, -0.1) is 0 Å². The van der Waals surface area contributed by atoms with Crippen molar-refractivity contribution in [2.75, 3.05) is 47.0 Å². The molecule has 0 unspecified atom stereocenters. The molecule has 3 heterocycles. The number of fused-ring (bicyclic) bond motifs is 1. The number of amidine groups is 1. The molecule has 1 atom stereocenters. The van der Waals surface area contributed by atoms with Gasteiger partial charge in [0, 0.05) is 41.6 Å². The van der Waals surface area contributed by atoms with Crippen LogP contribution in [-0.2, 0) is 40.4 Å². The number of piperazine rings is 1. The standard InChI is InChI=1S/C27H30ClN5O7S/c1-31(16-25-39-9-10-40-25)26(29)18-5-3-17(4-6-18)13-33-22(27(35)38-2)14-32(15-24(33)34)41(36,37)23-12-19-11-20(28)7-8-21(19)30-23/h3-8,11-12,22,25,29-30H,9-10,13-16H2,1-2H3/t22-/m1/s1. The number of aromatic nitrogens is 1. The van der Waals surface area contributed by atoms with E-state index in [1.807, 2.05) is 0 Å². The number of carbonyl (C=O) groups excluding carboxylic acids is 2. The van der Waals surface area contributed by atoms with Crippen LogP contribution in [-0.4, -0.2) is 105 Å². The fraction of sp³-hybridized carbons (Fsp3) is 0.370. The van der Waals surface area contributed by atoms with E-state index in [-0.39, 0.29) is 30.2 Å². The summed E-state index contributed by atoms with van der Waals surface area (Å²) in [6.45, 7) is 0.828. The van der Waals surface area contributed by atoms with Crippen LogP contribution < -0.4 is 0 Å². The molecule has 0 bridgehead atoms. The van der Waals surface area contributed by atoms with Gasteiger partial charge in [0.2, 0.25) is 5.91 Å². The van der Waals surface area contributed by atoms with E-state index in [0.29, 0.717) is 46.8 Å². The highest BCUT2D eigenvalue weighted by molar-refractivity contribution is 7.89. The van der Waals surface area contributed by atoms with E-state index in [1.54, 1.807) is 54.4 Å². The lowest BCUT2D eigenvalue weighted by atomic mass is 10.1. The van der Waals surface area contributed by atoms with E-state index in [9.17, 15) is 18.0 Å². The third-order valence-corrected chi connectivity index (χ3v) is 9.08. The summed E-state index contributed by atoms with van der Waals surface area (Å²) >= 11 is 6.03. The number of nitrogens with one attached hydrogen (secondary N) is 2. The minimum atomic E-state index is -4.14. The maximum Gasteiger partial charge on any atom is 0.329 e. The summed E-state index contributed by atoms with van der Waals surface area (Å²) in [5.74, 6) is -0.988. The third-order valence-electron chi connectivity index (χ3n) is 7.11. The van der Waals surface area contributed by atoms with Gasteiger partial charge in [-0.05, 0) is 29.8 Å². The van der Waals surface area contributed by atoms with E-state index in [0.717, 1.165) is 4.31 Å². The zero-order valence-corrected chi connectivity index (χ0v) is 24.1. The third kappa shape index (κ3) is 6.09. The lowest BCUT2D eigenvalue weighted by molar-refractivity contribution is -0.157. The van der Waals surface area contributed by atoms with Crippen LogP contribution in [0.15, 0.2) is 53.6 Å². The van der Waals surface area contributed by atoms with E-state index < -0.39 is 34.5 Å². The Kier molecular flexibility index (Phi) is 8.34. The van der Waals surface area contributed by atoms with Gasteiger partial charge >= 0.3 is 5.97 Å². The summed E-state index contributed by atoms with van der Waals surface area (Å²) < 4.78 is 43.8. The summed E-state index contributed by atoms with van der Waals surface area (Å²) in [6.07, 6.45) is -0.377. The monoisotopic (exact) mass is 603 g/mol. The van der Waals surface area contributed by atoms with Crippen molar-refractivity contribution in [1.82, 2.24) is 19.1 Å².